The zero-order chi connectivity index (χ0) is 17.6. The van der Waals surface area contributed by atoms with E-state index < -0.39 is 0 Å². The lowest BCUT2D eigenvalue weighted by Gasteiger charge is -2.11. The van der Waals surface area contributed by atoms with Crippen molar-refractivity contribution in [3.8, 4) is 0 Å². The maximum Gasteiger partial charge on any atom is 0.175 e. The van der Waals surface area contributed by atoms with Gasteiger partial charge in [0.05, 0.1) is 0 Å². The average molecular weight is 370 g/mol. The summed E-state index contributed by atoms with van der Waals surface area (Å²) >= 11 is 11.1. The van der Waals surface area contributed by atoms with Gasteiger partial charge in [0.1, 0.15) is 0 Å². The summed E-state index contributed by atoms with van der Waals surface area (Å²) in [4.78, 5) is 0. The molecule has 0 saturated carbocycles. The van der Waals surface area contributed by atoms with Crippen LogP contribution in [0.15, 0.2) is 60.7 Å². The van der Waals surface area contributed by atoms with Crippen LogP contribution in [-0.4, -0.2) is 15.3 Å². The quantitative estimate of drug-likeness (QED) is 0.563. The third kappa shape index (κ3) is 5.14. The molecule has 0 radical (unpaired) electrons. The van der Waals surface area contributed by atoms with Crippen LogP contribution in [-0.2, 0) is 0 Å². The van der Waals surface area contributed by atoms with E-state index in [1.54, 1.807) is 12.1 Å². The molecule has 0 aliphatic carbocycles. The lowest BCUT2D eigenvalue weighted by Crippen LogP contribution is -2.18. The van der Waals surface area contributed by atoms with Gasteiger partial charge in [-0.15, -0.1) is 10.2 Å². The molecule has 7 heteroatoms. The first kappa shape index (κ1) is 17.1. The van der Waals surface area contributed by atoms with Gasteiger partial charge in [0.25, 0.3) is 0 Å². The van der Waals surface area contributed by atoms with E-state index in [1.165, 1.54) is 5.56 Å². The van der Waals surface area contributed by atoms with Crippen LogP contribution < -0.4 is 16.0 Å². The minimum Gasteiger partial charge on any atom is -0.339 e. The molecule has 0 aliphatic heterocycles. The van der Waals surface area contributed by atoms with Gasteiger partial charge < -0.3 is 16.0 Å². The minimum absolute atomic E-state index is 0.361. The Balaban J connectivity index is 1.57. The van der Waals surface area contributed by atoms with E-state index in [1.807, 2.05) is 55.5 Å². The van der Waals surface area contributed by atoms with E-state index in [4.69, 9.17) is 23.8 Å². The van der Waals surface area contributed by atoms with Crippen molar-refractivity contribution in [1.82, 2.24) is 10.2 Å². The van der Waals surface area contributed by atoms with Crippen LogP contribution in [0.2, 0.25) is 5.15 Å². The Bertz CT molecular complexity index is 848. The number of rotatable bonds is 4. The van der Waals surface area contributed by atoms with Crippen molar-refractivity contribution in [1.29, 1.82) is 0 Å². The van der Waals surface area contributed by atoms with Crippen LogP contribution in [0.4, 0.5) is 22.9 Å². The van der Waals surface area contributed by atoms with Gasteiger partial charge in [0.15, 0.2) is 16.1 Å². The summed E-state index contributed by atoms with van der Waals surface area (Å²) in [6, 6.07) is 19.2. The minimum atomic E-state index is 0.361. The number of anilines is 4. The summed E-state index contributed by atoms with van der Waals surface area (Å²) in [6.07, 6.45) is 0. The standard InChI is InChI=1S/C18H16ClN5S/c1-12-2-4-14(5-3-12)21-18(25)22-15-8-6-13(7-9-15)20-17-11-10-16(19)23-24-17/h2-11H,1H3,(H,20,24)(H2,21,22,25). The van der Waals surface area contributed by atoms with E-state index in [2.05, 4.69) is 26.1 Å². The molecule has 3 rings (SSSR count). The SMILES string of the molecule is Cc1ccc(NC(=S)Nc2ccc(Nc3ccc(Cl)nn3)cc2)cc1. The third-order valence-electron chi connectivity index (χ3n) is 3.36. The number of nitrogens with zero attached hydrogens (tertiary/aromatic N) is 2. The Morgan fingerprint density at radius 2 is 1.36 bits per heavy atom. The number of aryl methyl sites for hydroxylation is 1. The smallest absolute Gasteiger partial charge is 0.175 e. The molecule has 3 aromatic rings. The highest BCUT2D eigenvalue weighted by Crippen LogP contribution is 2.18. The van der Waals surface area contributed by atoms with E-state index in [0.29, 0.717) is 16.1 Å². The van der Waals surface area contributed by atoms with Crippen molar-refractivity contribution < 1.29 is 0 Å². The van der Waals surface area contributed by atoms with Crippen LogP contribution in [0.5, 0.6) is 0 Å². The van der Waals surface area contributed by atoms with Crippen molar-refractivity contribution >= 4 is 51.8 Å². The van der Waals surface area contributed by atoms with E-state index in [0.717, 1.165) is 17.1 Å². The monoisotopic (exact) mass is 369 g/mol. The van der Waals surface area contributed by atoms with Crippen molar-refractivity contribution in [3.63, 3.8) is 0 Å². The molecule has 0 fully saturated rings. The van der Waals surface area contributed by atoms with E-state index >= 15 is 0 Å². The molecule has 0 amide bonds. The van der Waals surface area contributed by atoms with Crippen molar-refractivity contribution in [2.45, 2.75) is 6.92 Å². The van der Waals surface area contributed by atoms with Gasteiger partial charge in [-0.1, -0.05) is 29.3 Å². The molecule has 3 N–H and O–H groups in total. The van der Waals surface area contributed by atoms with Gasteiger partial charge in [-0.25, -0.2) is 0 Å². The van der Waals surface area contributed by atoms with Crippen molar-refractivity contribution in [3.05, 3.63) is 71.4 Å². The van der Waals surface area contributed by atoms with Crippen LogP contribution in [0.1, 0.15) is 5.56 Å². The Labute approximate surface area is 156 Å². The van der Waals surface area contributed by atoms with E-state index in [-0.39, 0.29) is 0 Å². The van der Waals surface area contributed by atoms with Gasteiger partial charge >= 0.3 is 0 Å². The van der Waals surface area contributed by atoms with Gasteiger partial charge in [-0.3, -0.25) is 0 Å². The summed E-state index contributed by atoms with van der Waals surface area (Å²) < 4.78 is 0. The Morgan fingerprint density at radius 1 is 0.800 bits per heavy atom. The molecule has 25 heavy (non-hydrogen) atoms. The van der Waals surface area contributed by atoms with Crippen molar-refractivity contribution in [2.24, 2.45) is 0 Å². The van der Waals surface area contributed by atoms with Gasteiger partial charge in [-0.2, -0.15) is 0 Å². The number of benzene rings is 2. The lowest BCUT2D eigenvalue weighted by molar-refractivity contribution is 1.04. The maximum absolute atomic E-state index is 5.72. The molecular weight excluding hydrogens is 354 g/mol. The highest BCUT2D eigenvalue weighted by atomic mass is 35.5. The van der Waals surface area contributed by atoms with Crippen LogP contribution >= 0.6 is 23.8 Å². The Hall–Kier alpha value is -2.70. The van der Waals surface area contributed by atoms with Crippen LogP contribution in [0, 0.1) is 6.92 Å². The normalized spacial score (nSPS) is 10.2. The summed E-state index contributed by atoms with van der Waals surface area (Å²) in [6.45, 7) is 2.05. The van der Waals surface area contributed by atoms with Crippen LogP contribution in [0.25, 0.3) is 0 Å². The van der Waals surface area contributed by atoms with Gasteiger partial charge in [-0.05, 0) is 67.7 Å². The highest BCUT2D eigenvalue weighted by molar-refractivity contribution is 7.80. The zero-order valence-electron chi connectivity index (χ0n) is 13.5. The first-order chi connectivity index (χ1) is 12.1. The fourth-order valence-electron chi connectivity index (χ4n) is 2.10. The fraction of sp³-hybridized carbons (Fsp3) is 0.0556. The lowest BCUT2D eigenvalue weighted by atomic mass is 10.2. The molecule has 0 spiro atoms. The summed E-state index contributed by atoms with van der Waals surface area (Å²) in [5.74, 6) is 0.627. The number of aromatic nitrogens is 2. The molecule has 0 unspecified atom stereocenters. The largest absolute Gasteiger partial charge is 0.339 e. The Morgan fingerprint density at radius 3 is 1.92 bits per heavy atom. The molecule has 0 bridgehead atoms. The zero-order valence-corrected chi connectivity index (χ0v) is 15.0. The number of hydrogen-bond acceptors (Lipinski definition) is 4. The number of nitrogens with one attached hydrogen (secondary N) is 3. The summed E-state index contributed by atoms with van der Waals surface area (Å²) in [7, 11) is 0. The molecule has 1 aromatic heterocycles. The molecule has 1 heterocycles. The molecule has 2 aromatic carbocycles. The second-order valence-corrected chi connectivity index (χ2v) is 6.18. The first-order valence-electron chi connectivity index (χ1n) is 7.59. The maximum atomic E-state index is 5.72. The highest BCUT2D eigenvalue weighted by Gasteiger charge is 2.01. The number of hydrogen-bond donors (Lipinski definition) is 3. The molecule has 0 atom stereocenters. The average Bonchev–Trinajstić information content (AvgIpc) is 2.61. The topological polar surface area (TPSA) is 61.9 Å². The molecule has 0 saturated heterocycles. The number of thiocarbonyl (C=S) groups is 1. The third-order valence-corrected chi connectivity index (χ3v) is 3.76. The molecule has 126 valence electrons. The predicted octanol–water partition coefficient (Wildman–Crippen LogP) is 4.99. The molecule has 0 aliphatic rings. The fourth-order valence-corrected chi connectivity index (χ4v) is 2.43. The predicted molar refractivity (Wildman–Crippen MR) is 108 cm³/mol. The van der Waals surface area contributed by atoms with Crippen molar-refractivity contribution in [2.75, 3.05) is 16.0 Å². The summed E-state index contributed by atoms with van der Waals surface area (Å²) in [5.41, 5.74) is 3.93. The first-order valence-corrected chi connectivity index (χ1v) is 8.38. The van der Waals surface area contributed by atoms with Gasteiger partial charge in [0.2, 0.25) is 0 Å². The molecular formula is C18H16ClN5S. The van der Waals surface area contributed by atoms with Crippen LogP contribution in [0.3, 0.4) is 0 Å². The van der Waals surface area contributed by atoms with E-state index in [9.17, 15) is 0 Å². The van der Waals surface area contributed by atoms with Gasteiger partial charge in [0, 0.05) is 17.1 Å². The second kappa shape index (κ2) is 7.92. The summed E-state index contributed by atoms with van der Waals surface area (Å²) in [5, 5.41) is 18.1. The Kier molecular flexibility index (Phi) is 5.42. The molecule has 5 nitrogen and oxygen atoms in total. The second-order valence-electron chi connectivity index (χ2n) is 5.39. The number of halogens is 1.